The Morgan fingerprint density at radius 1 is 1.09 bits per heavy atom. The number of ether oxygens (including phenoxy) is 1. The van der Waals surface area contributed by atoms with Crippen molar-refractivity contribution in [3.63, 3.8) is 0 Å². The van der Waals surface area contributed by atoms with Crippen LogP contribution in [0.3, 0.4) is 0 Å². The van der Waals surface area contributed by atoms with Crippen molar-refractivity contribution in [2.75, 3.05) is 11.9 Å². The molecule has 5 nitrogen and oxygen atoms in total. The van der Waals surface area contributed by atoms with Crippen LogP contribution < -0.4 is 5.32 Å². The maximum absolute atomic E-state index is 13.9. The summed E-state index contributed by atoms with van der Waals surface area (Å²) in [6.07, 6.45) is 2.77. The Kier molecular flexibility index (Phi) is 6.39. The molecule has 0 fully saturated rings. The van der Waals surface area contributed by atoms with E-state index in [0.717, 1.165) is 52.5 Å². The number of nitrogens with zero attached hydrogens (tertiary/aromatic N) is 1. The number of carbonyl (C=O) groups is 2. The molecule has 1 amide bonds. The van der Waals surface area contributed by atoms with Gasteiger partial charge in [-0.05, 0) is 56.2 Å². The minimum absolute atomic E-state index is 0.240. The molecule has 0 saturated heterocycles. The first-order valence-electron chi connectivity index (χ1n) is 12.1. The van der Waals surface area contributed by atoms with E-state index in [-0.39, 0.29) is 11.9 Å². The summed E-state index contributed by atoms with van der Waals surface area (Å²) in [5.74, 6) is -0.0498. The molecule has 1 aliphatic rings. The third-order valence-electron chi connectivity index (χ3n) is 6.63. The number of amides is 1. The molecule has 0 aliphatic heterocycles. The van der Waals surface area contributed by atoms with Gasteiger partial charge < -0.3 is 10.1 Å². The summed E-state index contributed by atoms with van der Waals surface area (Å²) in [7, 11) is 0. The molecule has 0 saturated carbocycles. The van der Waals surface area contributed by atoms with Gasteiger partial charge in [-0.25, -0.2) is 9.78 Å². The van der Waals surface area contributed by atoms with E-state index in [1.165, 1.54) is 16.2 Å². The summed E-state index contributed by atoms with van der Waals surface area (Å²) in [6.45, 7) is 6.25. The van der Waals surface area contributed by atoms with Gasteiger partial charge in [-0.15, -0.1) is 11.3 Å². The number of pyridine rings is 1. The van der Waals surface area contributed by atoms with Crippen molar-refractivity contribution >= 4 is 39.1 Å². The van der Waals surface area contributed by atoms with Crippen LogP contribution in [-0.4, -0.2) is 23.5 Å². The van der Waals surface area contributed by atoms with E-state index in [1.807, 2.05) is 61.5 Å². The lowest BCUT2D eigenvalue weighted by atomic mass is 9.88. The Labute approximate surface area is 209 Å². The van der Waals surface area contributed by atoms with E-state index >= 15 is 0 Å². The zero-order valence-corrected chi connectivity index (χ0v) is 21.0. The Bertz CT molecular complexity index is 1430. The number of anilines is 1. The molecular formula is C29H28N2O3S. The minimum Gasteiger partial charge on any atom is -0.462 e. The van der Waals surface area contributed by atoms with Crippen molar-refractivity contribution < 1.29 is 14.3 Å². The van der Waals surface area contributed by atoms with Gasteiger partial charge in [0, 0.05) is 15.8 Å². The Morgan fingerprint density at radius 2 is 1.83 bits per heavy atom. The first-order valence-corrected chi connectivity index (χ1v) is 12.9. The second-order valence-corrected chi connectivity index (χ2v) is 10.2. The maximum atomic E-state index is 13.9. The highest BCUT2D eigenvalue weighted by Crippen LogP contribution is 2.41. The Hall–Kier alpha value is -3.51. The van der Waals surface area contributed by atoms with E-state index in [4.69, 9.17) is 9.72 Å². The summed E-state index contributed by atoms with van der Waals surface area (Å²) in [5, 5.41) is 4.47. The lowest BCUT2D eigenvalue weighted by Crippen LogP contribution is -2.18. The molecule has 4 aromatic rings. The van der Waals surface area contributed by atoms with Crippen LogP contribution in [0.5, 0.6) is 0 Å². The van der Waals surface area contributed by atoms with Gasteiger partial charge >= 0.3 is 5.97 Å². The summed E-state index contributed by atoms with van der Waals surface area (Å²) in [6, 6.07) is 17.6. The molecule has 1 aliphatic carbocycles. The highest BCUT2D eigenvalue weighted by atomic mass is 32.1. The van der Waals surface area contributed by atoms with E-state index in [2.05, 4.69) is 12.2 Å². The van der Waals surface area contributed by atoms with Crippen LogP contribution >= 0.6 is 11.3 Å². The summed E-state index contributed by atoms with van der Waals surface area (Å²) < 4.78 is 5.38. The van der Waals surface area contributed by atoms with Crippen LogP contribution in [0.1, 0.15) is 57.0 Å². The van der Waals surface area contributed by atoms with Crippen LogP contribution in [0.4, 0.5) is 5.00 Å². The highest BCUT2D eigenvalue weighted by Gasteiger charge is 2.30. The van der Waals surface area contributed by atoms with Gasteiger partial charge in [-0.2, -0.15) is 0 Å². The van der Waals surface area contributed by atoms with Crippen molar-refractivity contribution in [2.45, 2.75) is 40.0 Å². The number of esters is 1. The zero-order chi connectivity index (χ0) is 24.5. The predicted octanol–water partition coefficient (Wildman–Crippen LogP) is 6.83. The number of para-hydroxylation sites is 1. The molecule has 1 atom stereocenters. The second kappa shape index (κ2) is 9.62. The van der Waals surface area contributed by atoms with Crippen LogP contribution in [-0.2, 0) is 17.6 Å². The van der Waals surface area contributed by atoms with Crippen LogP contribution in [0, 0.1) is 12.8 Å². The monoisotopic (exact) mass is 484 g/mol. The maximum Gasteiger partial charge on any atom is 0.341 e. The van der Waals surface area contributed by atoms with Crippen molar-refractivity contribution in [3.05, 3.63) is 81.7 Å². The lowest BCUT2D eigenvalue weighted by molar-refractivity contribution is 0.0526. The Morgan fingerprint density at radius 3 is 2.60 bits per heavy atom. The number of fused-ring (bicyclic) bond motifs is 2. The number of carbonyl (C=O) groups excluding carboxylic acids is 2. The fraction of sp³-hybridized carbons (Fsp3) is 0.276. The quantitative estimate of drug-likeness (QED) is 0.315. The molecular weight excluding hydrogens is 456 g/mol. The van der Waals surface area contributed by atoms with Crippen molar-refractivity contribution in [2.24, 2.45) is 5.92 Å². The zero-order valence-electron chi connectivity index (χ0n) is 20.2. The summed E-state index contributed by atoms with van der Waals surface area (Å²) in [4.78, 5) is 32.8. The normalized spacial score (nSPS) is 15.0. The molecule has 5 rings (SSSR count). The predicted molar refractivity (Wildman–Crippen MR) is 141 cm³/mol. The van der Waals surface area contributed by atoms with E-state index in [0.29, 0.717) is 28.7 Å². The minimum atomic E-state index is -0.365. The number of thiophene rings is 1. The smallest absolute Gasteiger partial charge is 0.341 e. The fourth-order valence-electron chi connectivity index (χ4n) is 4.90. The molecule has 2 aromatic heterocycles. The fourth-order valence-corrected chi connectivity index (χ4v) is 6.29. The van der Waals surface area contributed by atoms with Crippen LogP contribution in [0.2, 0.25) is 0 Å². The molecule has 178 valence electrons. The van der Waals surface area contributed by atoms with Gasteiger partial charge in [-0.1, -0.05) is 55.5 Å². The first-order chi connectivity index (χ1) is 17.0. The molecule has 0 spiro atoms. The number of rotatable bonds is 5. The highest BCUT2D eigenvalue weighted by molar-refractivity contribution is 7.17. The van der Waals surface area contributed by atoms with Gasteiger partial charge in [0.2, 0.25) is 0 Å². The van der Waals surface area contributed by atoms with Crippen molar-refractivity contribution in [3.8, 4) is 11.3 Å². The first kappa shape index (κ1) is 23.2. The van der Waals surface area contributed by atoms with E-state index in [9.17, 15) is 9.59 Å². The number of benzene rings is 2. The van der Waals surface area contributed by atoms with Crippen molar-refractivity contribution in [1.29, 1.82) is 0 Å². The van der Waals surface area contributed by atoms with Gasteiger partial charge in [0.1, 0.15) is 5.00 Å². The average Bonchev–Trinajstić information content (AvgIpc) is 3.21. The number of nitrogens with one attached hydrogen (secondary N) is 1. The summed E-state index contributed by atoms with van der Waals surface area (Å²) >= 11 is 1.51. The molecule has 0 radical (unpaired) electrons. The SMILES string of the molecule is CCOC(=O)c1c(NC(=O)c2c(C)c(-c3ccccc3)nc3ccccc23)sc2c1CC[C@@H](C)C2. The third kappa shape index (κ3) is 4.34. The van der Waals surface area contributed by atoms with Gasteiger partial charge in [-0.3, -0.25) is 4.79 Å². The topological polar surface area (TPSA) is 68.3 Å². The molecule has 0 unspecified atom stereocenters. The Balaban J connectivity index is 1.62. The molecule has 0 bridgehead atoms. The molecule has 2 heterocycles. The van der Waals surface area contributed by atoms with Crippen molar-refractivity contribution in [1.82, 2.24) is 4.98 Å². The molecule has 1 N–H and O–H groups in total. The largest absolute Gasteiger partial charge is 0.462 e. The van der Waals surface area contributed by atoms with E-state index < -0.39 is 0 Å². The van der Waals surface area contributed by atoms with E-state index in [1.54, 1.807) is 6.92 Å². The van der Waals surface area contributed by atoms with Gasteiger partial charge in [0.25, 0.3) is 5.91 Å². The average molecular weight is 485 g/mol. The molecule has 6 heteroatoms. The standard InChI is InChI=1S/C29H28N2O3S/c1-4-34-29(33)25-21-15-14-17(2)16-23(21)35-28(25)31-27(32)24-18(3)26(19-10-6-5-7-11-19)30-22-13-9-8-12-20(22)24/h5-13,17H,4,14-16H2,1-3H3,(H,31,32)/t17-/m1/s1. The summed E-state index contributed by atoms with van der Waals surface area (Å²) in [5.41, 5.74) is 5.42. The number of hydrogen-bond donors (Lipinski definition) is 1. The second-order valence-electron chi connectivity index (χ2n) is 9.07. The van der Waals surface area contributed by atoms with Crippen LogP contribution in [0.15, 0.2) is 54.6 Å². The molecule has 2 aromatic carbocycles. The van der Waals surface area contributed by atoms with Gasteiger partial charge in [0.05, 0.1) is 28.9 Å². The number of aromatic nitrogens is 1. The van der Waals surface area contributed by atoms with Crippen LogP contribution in [0.25, 0.3) is 22.2 Å². The van der Waals surface area contributed by atoms with Gasteiger partial charge in [0.15, 0.2) is 0 Å². The molecule has 35 heavy (non-hydrogen) atoms. The third-order valence-corrected chi connectivity index (χ3v) is 7.80. The number of hydrogen-bond acceptors (Lipinski definition) is 5. The lowest BCUT2D eigenvalue weighted by Gasteiger charge is -2.18.